The maximum Gasteiger partial charge on any atom is 0.233 e. The lowest BCUT2D eigenvalue weighted by molar-refractivity contribution is -0.127. The molecule has 7 heteroatoms. The number of nitrogens with zero attached hydrogens (tertiary/aromatic N) is 3. The van der Waals surface area contributed by atoms with Crippen LogP contribution in [-0.2, 0) is 17.9 Å². The fourth-order valence-corrected chi connectivity index (χ4v) is 3.76. The van der Waals surface area contributed by atoms with Gasteiger partial charge in [-0.05, 0) is 37.5 Å². The van der Waals surface area contributed by atoms with Crippen molar-refractivity contribution in [3.05, 3.63) is 41.0 Å². The number of benzene rings is 1. The Kier molecular flexibility index (Phi) is 7.30. The molecule has 0 aliphatic heterocycles. The van der Waals surface area contributed by atoms with Crippen molar-refractivity contribution in [3.8, 4) is 5.75 Å². The molecule has 0 saturated heterocycles. The number of thioether (sulfide) groups is 1. The average Bonchev–Trinajstić information content (AvgIpc) is 2.87. The van der Waals surface area contributed by atoms with E-state index in [-0.39, 0.29) is 11.7 Å². The van der Waals surface area contributed by atoms with Gasteiger partial charge in [0.15, 0.2) is 16.7 Å². The fourth-order valence-electron chi connectivity index (χ4n) is 2.72. The van der Waals surface area contributed by atoms with Gasteiger partial charge >= 0.3 is 0 Å². The summed E-state index contributed by atoms with van der Waals surface area (Å²) in [5.74, 6) is 0.548. The molecule has 27 heavy (non-hydrogen) atoms. The summed E-state index contributed by atoms with van der Waals surface area (Å²) in [7, 11) is 3.15. The molecule has 0 radical (unpaired) electrons. The first-order valence-electron chi connectivity index (χ1n) is 8.95. The first kappa shape index (κ1) is 21.3. The molecule has 1 heterocycles. The quantitative estimate of drug-likeness (QED) is 0.635. The van der Waals surface area contributed by atoms with E-state index in [4.69, 9.17) is 4.74 Å². The van der Waals surface area contributed by atoms with Gasteiger partial charge in [0.25, 0.3) is 0 Å². The van der Waals surface area contributed by atoms with Crippen LogP contribution in [0.15, 0.2) is 23.4 Å². The van der Waals surface area contributed by atoms with Gasteiger partial charge in [-0.3, -0.25) is 4.79 Å². The summed E-state index contributed by atoms with van der Waals surface area (Å²) < 4.78 is 20.9. The molecule has 5 nitrogen and oxygen atoms in total. The van der Waals surface area contributed by atoms with Crippen LogP contribution in [0.1, 0.15) is 30.8 Å². The van der Waals surface area contributed by atoms with Crippen molar-refractivity contribution in [2.75, 3.05) is 19.9 Å². The molecule has 0 aliphatic rings. The molecule has 1 aromatic carbocycles. The predicted molar refractivity (Wildman–Crippen MR) is 107 cm³/mol. The van der Waals surface area contributed by atoms with E-state index in [9.17, 15) is 9.18 Å². The molecule has 148 valence electrons. The van der Waals surface area contributed by atoms with Crippen LogP contribution in [0.3, 0.4) is 0 Å². The van der Waals surface area contributed by atoms with Crippen LogP contribution in [0.2, 0.25) is 0 Å². The SMILES string of the molecule is COc1ccc(CN(C)C(=O)CSc2nc(C)c(C)n2CC(C)C)cc1F. The van der Waals surface area contributed by atoms with Crippen LogP contribution in [0.5, 0.6) is 5.75 Å². The molecular formula is C20H28FN3O2S. The smallest absolute Gasteiger partial charge is 0.233 e. The van der Waals surface area contributed by atoms with Gasteiger partial charge in [0.05, 0.1) is 18.6 Å². The Morgan fingerprint density at radius 1 is 1.37 bits per heavy atom. The number of imidazole rings is 1. The number of rotatable bonds is 8. The minimum Gasteiger partial charge on any atom is -0.494 e. The van der Waals surface area contributed by atoms with E-state index in [1.54, 1.807) is 24.1 Å². The summed E-state index contributed by atoms with van der Waals surface area (Å²) in [6.45, 7) is 9.60. The summed E-state index contributed by atoms with van der Waals surface area (Å²) in [4.78, 5) is 18.7. The Labute approximate surface area is 164 Å². The lowest BCUT2D eigenvalue weighted by Crippen LogP contribution is -2.28. The fraction of sp³-hybridized carbons (Fsp3) is 0.500. The molecule has 0 unspecified atom stereocenters. The second-order valence-corrected chi connectivity index (χ2v) is 8.02. The second kappa shape index (κ2) is 9.26. The monoisotopic (exact) mass is 393 g/mol. The zero-order valence-electron chi connectivity index (χ0n) is 16.9. The number of hydrogen-bond acceptors (Lipinski definition) is 4. The molecule has 0 saturated carbocycles. The maximum absolute atomic E-state index is 13.8. The van der Waals surface area contributed by atoms with Gasteiger partial charge in [-0.1, -0.05) is 31.7 Å². The Hall–Kier alpha value is -2.02. The predicted octanol–water partition coefficient (Wildman–Crippen LogP) is 4.05. The van der Waals surface area contributed by atoms with E-state index >= 15 is 0 Å². The summed E-state index contributed by atoms with van der Waals surface area (Å²) >= 11 is 1.45. The van der Waals surface area contributed by atoms with Crippen LogP contribution in [0.25, 0.3) is 0 Å². The number of aromatic nitrogens is 2. The largest absolute Gasteiger partial charge is 0.494 e. The van der Waals surface area contributed by atoms with E-state index in [2.05, 4.69) is 30.3 Å². The summed E-state index contributed by atoms with van der Waals surface area (Å²) in [6.07, 6.45) is 0. The third-order valence-corrected chi connectivity index (χ3v) is 5.32. The molecule has 2 aromatic rings. The molecule has 0 fully saturated rings. The molecule has 2 rings (SSSR count). The molecule has 1 amide bonds. The number of carbonyl (C=O) groups is 1. The molecular weight excluding hydrogens is 365 g/mol. The van der Waals surface area contributed by atoms with Crippen molar-refractivity contribution < 1.29 is 13.9 Å². The highest BCUT2D eigenvalue weighted by Gasteiger charge is 2.16. The molecule has 0 N–H and O–H groups in total. The van der Waals surface area contributed by atoms with E-state index < -0.39 is 5.82 Å². The molecule has 1 aromatic heterocycles. The lowest BCUT2D eigenvalue weighted by atomic mass is 10.2. The highest BCUT2D eigenvalue weighted by Crippen LogP contribution is 2.23. The van der Waals surface area contributed by atoms with E-state index in [1.165, 1.54) is 24.9 Å². The third kappa shape index (κ3) is 5.48. The summed E-state index contributed by atoms with van der Waals surface area (Å²) in [6, 6.07) is 4.74. The van der Waals surface area contributed by atoms with Crippen LogP contribution in [-0.4, -0.2) is 40.3 Å². The molecule has 0 aliphatic carbocycles. The van der Waals surface area contributed by atoms with Crippen molar-refractivity contribution in [1.29, 1.82) is 0 Å². The van der Waals surface area contributed by atoms with Gasteiger partial charge in [-0.2, -0.15) is 0 Å². The van der Waals surface area contributed by atoms with Crippen LogP contribution in [0, 0.1) is 25.6 Å². The number of carbonyl (C=O) groups excluding carboxylic acids is 1. The van der Waals surface area contributed by atoms with Gasteiger partial charge in [-0.15, -0.1) is 0 Å². The van der Waals surface area contributed by atoms with Crippen molar-refractivity contribution in [1.82, 2.24) is 14.5 Å². The van der Waals surface area contributed by atoms with Gasteiger partial charge in [0.2, 0.25) is 5.91 Å². The van der Waals surface area contributed by atoms with Gasteiger partial charge in [0.1, 0.15) is 0 Å². The first-order chi connectivity index (χ1) is 12.7. The van der Waals surface area contributed by atoms with Crippen molar-refractivity contribution in [2.45, 2.75) is 45.9 Å². The third-order valence-electron chi connectivity index (χ3n) is 4.36. The van der Waals surface area contributed by atoms with Gasteiger partial charge in [0, 0.05) is 25.8 Å². The topological polar surface area (TPSA) is 47.4 Å². The Bertz CT molecular complexity index is 805. The van der Waals surface area contributed by atoms with Crippen molar-refractivity contribution >= 4 is 17.7 Å². The first-order valence-corrected chi connectivity index (χ1v) is 9.94. The summed E-state index contributed by atoms with van der Waals surface area (Å²) in [5, 5.41) is 0.871. The normalized spacial score (nSPS) is 11.1. The number of amides is 1. The molecule has 0 spiro atoms. The van der Waals surface area contributed by atoms with Crippen molar-refractivity contribution in [2.24, 2.45) is 5.92 Å². The molecule has 0 bridgehead atoms. The highest BCUT2D eigenvalue weighted by molar-refractivity contribution is 7.99. The second-order valence-electron chi connectivity index (χ2n) is 7.08. The van der Waals surface area contributed by atoms with Gasteiger partial charge in [-0.25, -0.2) is 9.37 Å². The van der Waals surface area contributed by atoms with Crippen LogP contribution < -0.4 is 4.74 Å². The molecule has 0 atom stereocenters. The average molecular weight is 394 g/mol. The Morgan fingerprint density at radius 3 is 2.67 bits per heavy atom. The zero-order valence-corrected chi connectivity index (χ0v) is 17.7. The van der Waals surface area contributed by atoms with Gasteiger partial charge < -0.3 is 14.2 Å². The minimum atomic E-state index is -0.424. The maximum atomic E-state index is 13.8. The van der Waals surface area contributed by atoms with Crippen LogP contribution in [0.4, 0.5) is 4.39 Å². The minimum absolute atomic E-state index is 0.0226. The van der Waals surface area contributed by atoms with E-state index in [0.29, 0.717) is 18.2 Å². The standard InChI is InChI=1S/C20H28FN3O2S/c1-13(2)10-24-15(4)14(3)22-20(24)27-12-19(25)23(5)11-16-7-8-18(26-6)17(21)9-16/h7-9,13H,10-12H2,1-6H3. The zero-order chi connectivity index (χ0) is 20.1. The van der Waals surface area contributed by atoms with E-state index in [0.717, 1.165) is 28.7 Å². The number of hydrogen-bond donors (Lipinski definition) is 0. The Morgan fingerprint density at radius 2 is 2.07 bits per heavy atom. The Balaban J connectivity index is 1.99. The summed E-state index contributed by atoms with van der Waals surface area (Å²) in [5.41, 5.74) is 2.86. The van der Waals surface area contributed by atoms with Crippen molar-refractivity contribution in [3.63, 3.8) is 0 Å². The van der Waals surface area contributed by atoms with E-state index in [1.807, 2.05) is 6.92 Å². The highest BCUT2D eigenvalue weighted by atomic mass is 32.2. The van der Waals surface area contributed by atoms with Crippen LogP contribution >= 0.6 is 11.8 Å². The lowest BCUT2D eigenvalue weighted by Gasteiger charge is -2.18. The number of aryl methyl sites for hydroxylation is 1. The number of halogens is 1. The number of ether oxygens (including phenoxy) is 1. The number of methoxy groups -OCH3 is 1.